The van der Waals surface area contributed by atoms with E-state index in [0.29, 0.717) is 5.69 Å². The van der Waals surface area contributed by atoms with E-state index in [1.165, 1.54) is 12.1 Å². The Morgan fingerprint density at radius 3 is 2.35 bits per heavy atom. The molecule has 0 amide bonds. The molecule has 0 unspecified atom stereocenters. The van der Waals surface area contributed by atoms with Crippen LogP contribution in [0.5, 0.6) is 0 Å². The van der Waals surface area contributed by atoms with Gasteiger partial charge in [0.05, 0.1) is 9.79 Å². The quantitative estimate of drug-likeness (QED) is 0.826. The Labute approximate surface area is 101 Å². The van der Waals surface area contributed by atoms with E-state index < -0.39 is 9.84 Å². The molecule has 2 aromatic carbocycles. The van der Waals surface area contributed by atoms with Gasteiger partial charge in [-0.1, -0.05) is 23.8 Å². The molecule has 3 nitrogen and oxygen atoms in total. The van der Waals surface area contributed by atoms with Crippen LogP contribution in [0.15, 0.2) is 52.3 Å². The molecule has 1 radical (unpaired) electrons. The Bertz CT molecular complexity index is 631. The maximum Gasteiger partial charge on any atom is 0.207 e. The van der Waals surface area contributed by atoms with Gasteiger partial charge < -0.3 is 5.73 Å². The lowest BCUT2D eigenvalue weighted by Crippen LogP contribution is -2.02. The van der Waals surface area contributed by atoms with E-state index in [1.54, 1.807) is 30.3 Å². The largest absolute Gasteiger partial charge is 0.399 e. The second kappa shape index (κ2) is 4.22. The second-order valence-corrected chi connectivity index (χ2v) is 5.72. The van der Waals surface area contributed by atoms with Crippen LogP contribution >= 0.6 is 0 Å². The van der Waals surface area contributed by atoms with Crippen molar-refractivity contribution >= 4 is 15.5 Å². The highest BCUT2D eigenvalue weighted by Gasteiger charge is 2.17. The van der Waals surface area contributed by atoms with Crippen molar-refractivity contribution in [3.63, 3.8) is 0 Å². The highest BCUT2D eigenvalue weighted by Crippen LogP contribution is 2.21. The van der Waals surface area contributed by atoms with Crippen molar-refractivity contribution in [2.45, 2.75) is 16.7 Å². The number of nitrogen functional groups attached to an aromatic ring is 1. The van der Waals surface area contributed by atoms with E-state index in [-0.39, 0.29) is 9.79 Å². The first-order valence-electron chi connectivity index (χ1n) is 5.09. The van der Waals surface area contributed by atoms with E-state index in [1.807, 2.05) is 6.92 Å². The molecule has 2 N–H and O–H groups in total. The first kappa shape index (κ1) is 11.7. The van der Waals surface area contributed by atoms with E-state index in [4.69, 9.17) is 5.73 Å². The summed E-state index contributed by atoms with van der Waals surface area (Å²) in [6, 6.07) is 13.9. The van der Waals surface area contributed by atoms with Crippen molar-refractivity contribution in [2.24, 2.45) is 0 Å². The molecule has 0 fully saturated rings. The average molecular weight is 246 g/mol. The fourth-order valence-corrected chi connectivity index (χ4v) is 2.72. The maximum atomic E-state index is 12.2. The highest BCUT2D eigenvalue weighted by atomic mass is 32.2. The van der Waals surface area contributed by atoms with Crippen LogP contribution < -0.4 is 5.73 Å². The van der Waals surface area contributed by atoms with Crippen LogP contribution in [0, 0.1) is 13.0 Å². The van der Waals surface area contributed by atoms with Gasteiger partial charge in [0, 0.05) is 11.8 Å². The molecule has 0 heterocycles. The van der Waals surface area contributed by atoms with Crippen LogP contribution in [0.3, 0.4) is 0 Å². The van der Waals surface area contributed by atoms with Crippen molar-refractivity contribution in [3.05, 3.63) is 54.1 Å². The summed E-state index contributed by atoms with van der Waals surface area (Å²) in [6.07, 6.45) is 0. The maximum absolute atomic E-state index is 12.2. The molecule has 0 saturated carbocycles. The molecule has 2 aromatic rings. The molecule has 0 aliphatic heterocycles. The Kier molecular flexibility index (Phi) is 2.90. The number of nitrogens with two attached hydrogens (primary N) is 1. The summed E-state index contributed by atoms with van der Waals surface area (Å²) in [4.78, 5) is 0.353. The first-order valence-corrected chi connectivity index (χ1v) is 6.57. The third-order valence-electron chi connectivity index (χ3n) is 2.42. The number of rotatable bonds is 2. The highest BCUT2D eigenvalue weighted by molar-refractivity contribution is 7.91. The molecule has 17 heavy (non-hydrogen) atoms. The van der Waals surface area contributed by atoms with Crippen LogP contribution in [0.4, 0.5) is 5.69 Å². The average Bonchev–Trinajstić information content (AvgIpc) is 2.29. The van der Waals surface area contributed by atoms with E-state index in [2.05, 4.69) is 6.07 Å². The third-order valence-corrected chi connectivity index (χ3v) is 4.13. The van der Waals surface area contributed by atoms with Gasteiger partial charge >= 0.3 is 0 Å². The van der Waals surface area contributed by atoms with Gasteiger partial charge in [-0.3, -0.25) is 0 Å². The summed E-state index contributed by atoms with van der Waals surface area (Å²) in [6.45, 7) is 1.91. The first-order chi connectivity index (χ1) is 8.00. The van der Waals surface area contributed by atoms with Gasteiger partial charge in [0.15, 0.2) is 0 Å². The lowest BCUT2D eigenvalue weighted by molar-refractivity contribution is 0.596. The van der Waals surface area contributed by atoms with E-state index >= 15 is 0 Å². The Morgan fingerprint density at radius 1 is 1.12 bits per heavy atom. The topological polar surface area (TPSA) is 60.2 Å². The molecule has 0 bridgehead atoms. The van der Waals surface area contributed by atoms with Crippen LogP contribution in [0.1, 0.15) is 5.56 Å². The minimum Gasteiger partial charge on any atom is -0.399 e. The van der Waals surface area contributed by atoms with Crippen LogP contribution in [0.25, 0.3) is 0 Å². The zero-order valence-electron chi connectivity index (χ0n) is 9.34. The predicted molar refractivity (Wildman–Crippen MR) is 66.3 cm³/mol. The molecular formula is C13H12NO2S. The number of benzene rings is 2. The van der Waals surface area contributed by atoms with Crippen LogP contribution in [-0.4, -0.2) is 8.42 Å². The van der Waals surface area contributed by atoms with Gasteiger partial charge in [-0.15, -0.1) is 0 Å². The normalized spacial score (nSPS) is 11.4. The number of aryl methyl sites for hydroxylation is 1. The van der Waals surface area contributed by atoms with Gasteiger partial charge in [-0.2, -0.15) is 0 Å². The SMILES string of the molecule is Cc1ccc(S(=O)(=O)c2[c]ccc(N)c2)cc1. The zero-order chi connectivity index (χ0) is 12.5. The van der Waals surface area contributed by atoms with Gasteiger partial charge in [-0.25, -0.2) is 8.42 Å². The zero-order valence-corrected chi connectivity index (χ0v) is 10.2. The van der Waals surface area contributed by atoms with Gasteiger partial charge in [0.25, 0.3) is 0 Å². The number of sulfone groups is 1. The molecule has 0 spiro atoms. The minimum absolute atomic E-state index is 0.0985. The number of hydrogen-bond acceptors (Lipinski definition) is 3. The monoisotopic (exact) mass is 246 g/mol. The number of hydrogen-bond donors (Lipinski definition) is 1. The van der Waals surface area contributed by atoms with E-state index in [0.717, 1.165) is 5.56 Å². The predicted octanol–water partition coefficient (Wildman–Crippen LogP) is 2.21. The second-order valence-electron chi connectivity index (χ2n) is 3.80. The smallest absolute Gasteiger partial charge is 0.207 e. The Balaban J connectivity index is 2.54. The fraction of sp³-hybridized carbons (Fsp3) is 0.0769. The molecule has 87 valence electrons. The van der Waals surface area contributed by atoms with Crippen molar-refractivity contribution in [1.29, 1.82) is 0 Å². The molecule has 0 aliphatic rings. The minimum atomic E-state index is -3.51. The fourth-order valence-electron chi connectivity index (χ4n) is 1.46. The molecule has 2 rings (SSSR count). The molecule has 0 atom stereocenters. The van der Waals surface area contributed by atoms with Gasteiger partial charge in [0.1, 0.15) is 0 Å². The Hall–Kier alpha value is -1.81. The van der Waals surface area contributed by atoms with Crippen molar-refractivity contribution in [1.82, 2.24) is 0 Å². The van der Waals surface area contributed by atoms with Crippen molar-refractivity contribution in [2.75, 3.05) is 5.73 Å². The summed E-state index contributed by atoms with van der Waals surface area (Å²) >= 11 is 0. The molecule has 0 aromatic heterocycles. The van der Waals surface area contributed by atoms with Crippen LogP contribution in [-0.2, 0) is 9.84 Å². The summed E-state index contributed by atoms with van der Waals surface area (Å²) in [5, 5.41) is 0. The molecule has 0 aliphatic carbocycles. The lowest BCUT2D eigenvalue weighted by Gasteiger charge is -2.05. The van der Waals surface area contributed by atoms with Crippen molar-refractivity contribution < 1.29 is 8.42 Å². The Morgan fingerprint density at radius 2 is 1.76 bits per heavy atom. The van der Waals surface area contributed by atoms with E-state index in [9.17, 15) is 8.42 Å². The third kappa shape index (κ3) is 2.31. The summed E-state index contributed by atoms with van der Waals surface area (Å²) < 4.78 is 24.4. The standard InChI is InChI=1S/C13H12NO2S/c1-10-5-7-12(8-6-10)17(15,16)13-4-2-3-11(14)9-13/h2-3,5-9H,14H2,1H3. The van der Waals surface area contributed by atoms with Gasteiger partial charge in [-0.05, 0) is 31.2 Å². The summed E-state index contributed by atoms with van der Waals surface area (Å²) in [5.41, 5.74) is 7.00. The lowest BCUT2D eigenvalue weighted by atomic mass is 10.2. The molecular weight excluding hydrogens is 234 g/mol. The summed E-state index contributed by atoms with van der Waals surface area (Å²) in [5.74, 6) is 0. The van der Waals surface area contributed by atoms with Crippen LogP contribution in [0.2, 0.25) is 0 Å². The number of anilines is 1. The van der Waals surface area contributed by atoms with Crippen molar-refractivity contribution in [3.8, 4) is 0 Å². The summed E-state index contributed by atoms with van der Waals surface area (Å²) in [7, 11) is -3.51. The molecule has 4 heteroatoms. The molecule has 0 saturated heterocycles. The van der Waals surface area contributed by atoms with Gasteiger partial charge in [0.2, 0.25) is 9.84 Å².